The van der Waals surface area contributed by atoms with Gasteiger partial charge in [-0.05, 0) is 48.5 Å². The molecule has 0 atom stereocenters. The number of sulfonamides is 1. The molecule has 0 saturated carbocycles. The van der Waals surface area contributed by atoms with Gasteiger partial charge >= 0.3 is 0 Å². The average molecular weight is 391 g/mol. The molecular formula is C18H15ClN2O4S. The summed E-state index contributed by atoms with van der Waals surface area (Å²) < 4.78 is 38.1. The van der Waals surface area contributed by atoms with Gasteiger partial charge in [0.15, 0.2) is 11.5 Å². The first kappa shape index (κ1) is 18.0. The number of pyridine rings is 1. The van der Waals surface area contributed by atoms with Crippen molar-refractivity contribution in [2.75, 3.05) is 11.8 Å². The van der Waals surface area contributed by atoms with Gasteiger partial charge in [-0.2, -0.15) is 0 Å². The van der Waals surface area contributed by atoms with Gasteiger partial charge in [-0.15, -0.1) is 0 Å². The summed E-state index contributed by atoms with van der Waals surface area (Å²) in [7, 11) is -2.18. The van der Waals surface area contributed by atoms with E-state index in [9.17, 15) is 8.42 Å². The lowest BCUT2D eigenvalue weighted by molar-refractivity contribution is 0.379. The molecule has 1 aromatic heterocycles. The summed E-state index contributed by atoms with van der Waals surface area (Å²) in [4.78, 5) is 3.80. The van der Waals surface area contributed by atoms with Crippen LogP contribution in [-0.4, -0.2) is 20.5 Å². The molecule has 0 aliphatic heterocycles. The van der Waals surface area contributed by atoms with Crippen LogP contribution in [0.15, 0.2) is 71.8 Å². The first-order valence-corrected chi connectivity index (χ1v) is 9.39. The summed E-state index contributed by atoms with van der Waals surface area (Å²) in [5, 5.41) is 0.224. The number of aromatic nitrogens is 1. The van der Waals surface area contributed by atoms with Crippen molar-refractivity contribution in [3.8, 4) is 17.2 Å². The third-order valence-electron chi connectivity index (χ3n) is 3.41. The molecular weight excluding hydrogens is 376 g/mol. The molecule has 3 aromatic rings. The molecule has 0 bridgehead atoms. The van der Waals surface area contributed by atoms with Crippen molar-refractivity contribution in [1.82, 2.24) is 4.98 Å². The van der Waals surface area contributed by atoms with E-state index < -0.39 is 10.0 Å². The van der Waals surface area contributed by atoms with Gasteiger partial charge < -0.3 is 9.47 Å². The first-order chi connectivity index (χ1) is 12.5. The van der Waals surface area contributed by atoms with Gasteiger partial charge in [-0.25, -0.2) is 13.4 Å². The van der Waals surface area contributed by atoms with Crippen LogP contribution in [0.2, 0.25) is 5.15 Å². The average Bonchev–Trinajstić information content (AvgIpc) is 2.64. The third-order valence-corrected chi connectivity index (χ3v) is 5.00. The van der Waals surface area contributed by atoms with Crippen LogP contribution < -0.4 is 14.2 Å². The van der Waals surface area contributed by atoms with E-state index in [0.717, 1.165) is 0 Å². The second kappa shape index (κ2) is 7.63. The van der Waals surface area contributed by atoms with E-state index >= 15 is 0 Å². The molecule has 2 aromatic carbocycles. The summed E-state index contributed by atoms with van der Waals surface area (Å²) in [5.41, 5.74) is 0.396. The maximum atomic E-state index is 12.3. The molecule has 3 rings (SSSR count). The summed E-state index contributed by atoms with van der Waals surface area (Å²) >= 11 is 5.68. The van der Waals surface area contributed by atoms with Crippen molar-refractivity contribution in [2.24, 2.45) is 0 Å². The lowest BCUT2D eigenvalue weighted by Crippen LogP contribution is -2.13. The van der Waals surface area contributed by atoms with Crippen LogP contribution in [0, 0.1) is 0 Å². The van der Waals surface area contributed by atoms with Crippen LogP contribution in [0.25, 0.3) is 0 Å². The fourth-order valence-corrected chi connectivity index (χ4v) is 3.27. The number of rotatable bonds is 6. The van der Waals surface area contributed by atoms with Crippen molar-refractivity contribution in [2.45, 2.75) is 4.90 Å². The Morgan fingerprint density at radius 2 is 1.65 bits per heavy atom. The summed E-state index contributed by atoms with van der Waals surface area (Å²) in [6.07, 6.45) is 1.20. The van der Waals surface area contributed by atoms with Crippen LogP contribution in [0.5, 0.6) is 17.2 Å². The highest BCUT2D eigenvalue weighted by Crippen LogP contribution is 2.31. The van der Waals surface area contributed by atoms with Crippen LogP contribution >= 0.6 is 11.6 Å². The highest BCUT2D eigenvalue weighted by molar-refractivity contribution is 7.92. The number of anilines is 1. The molecule has 0 fully saturated rings. The Hall–Kier alpha value is -2.77. The van der Waals surface area contributed by atoms with Gasteiger partial charge in [0.05, 0.1) is 7.11 Å². The normalized spacial score (nSPS) is 11.0. The predicted molar refractivity (Wildman–Crippen MR) is 99.6 cm³/mol. The second-order valence-electron chi connectivity index (χ2n) is 5.20. The van der Waals surface area contributed by atoms with Gasteiger partial charge in [0.25, 0.3) is 10.0 Å². The van der Waals surface area contributed by atoms with Crippen molar-refractivity contribution >= 4 is 27.3 Å². The second-order valence-corrected chi connectivity index (χ2v) is 7.27. The SMILES string of the molecule is COc1ccccc1Oc1ccc(NS(=O)(=O)c2ccc(Cl)nc2)cc1. The summed E-state index contributed by atoms with van der Waals surface area (Å²) in [6, 6.07) is 16.6. The molecule has 0 unspecified atom stereocenters. The molecule has 134 valence electrons. The molecule has 0 radical (unpaired) electrons. The third kappa shape index (κ3) is 4.25. The number of halogens is 1. The van der Waals surface area contributed by atoms with E-state index in [1.165, 1.54) is 18.3 Å². The summed E-state index contributed by atoms with van der Waals surface area (Å²) in [6.45, 7) is 0. The van der Waals surface area contributed by atoms with E-state index in [4.69, 9.17) is 21.1 Å². The minimum atomic E-state index is -3.74. The molecule has 0 amide bonds. The number of hydrogen-bond donors (Lipinski definition) is 1. The van der Waals surface area contributed by atoms with E-state index in [1.807, 2.05) is 12.1 Å². The van der Waals surface area contributed by atoms with Crippen molar-refractivity contribution in [3.63, 3.8) is 0 Å². The van der Waals surface area contributed by atoms with Crippen LogP contribution in [-0.2, 0) is 10.0 Å². The molecule has 0 aliphatic carbocycles. The Morgan fingerprint density at radius 1 is 0.962 bits per heavy atom. The topological polar surface area (TPSA) is 77.5 Å². The molecule has 0 aliphatic rings. The number of hydrogen-bond acceptors (Lipinski definition) is 5. The number of nitrogens with zero attached hydrogens (tertiary/aromatic N) is 1. The lowest BCUT2D eigenvalue weighted by Gasteiger charge is -2.11. The Kier molecular flexibility index (Phi) is 5.29. The van der Waals surface area contributed by atoms with E-state index in [1.54, 1.807) is 43.5 Å². The van der Waals surface area contributed by atoms with Gasteiger partial charge in [-0.1, -0.05) is 23.7 Å². The lowest BCUT2D eigenvalue weighted by atomic mass is 10.3. The van der Waals surface area contributed by atoms with E-state index in [-0.39, 0.29) is 10.0 Å². The van der Waals surface area contributed by atoms with Gasteiger partial charge in [0, 0.05) is 11.9 Å². The number of para-hydroxylation sites is 2. The minimum absolute atomic E-state index is 0.0243. The number of benzene rings is 2. The largest absolute Gasteiger partial charge is 0.493 e. The van der Waals surface area contributed by atoms with Crippen molar-refractivity contribution in [3.05, 3.63) is 72.0 Å². The molecule has 26 heavy (non-hydrogen) atoms. The van der Waals surface area contributed by atoms with E-state index in [2.05, 4.69) is 9.71 Å². The molecule has 8 heteroatoms. The van der Waals surface area contributed by atoms with Crippen molar-refractivity contribution in [1.29, 1.82) is 0 Å². The highest BCUT2D eigenvalue weighted by atomic mass is 35.5. The standard InChI is InChI=1S/C18H15ClN2O4S/c1-24-16-4-2-3-5-17(16)25-14-8-6-13(7-9-14)21-26(22,23)15-10-11-18(19)20-12-15/h2-12,21H,1H3. The fourth-order valence-electron chi connectivity index (χ4n) is 2.16. The zero-order valence-corrected chi connectivity index (χ0v) is 15.3. The van der Waals surface area contributed by atoms with Crippen LogP contribution in [0.4, 0.5) is 5.69 Å². The van der Waals surface area contributed by atoms with Gasteiger partial charge in [0.1, 0.15) is 15.8 Å². The summed E-state index contributed by atoms with van der Waals surface area (Å²) in [5.74, 6) is 1.72. The molecule has 6 nitrogen and oxygen atoms in total. The predicted octanol–water partition coefficient (Wildman–Crippen LogP) is 4.34. The Balaban J connectivity index is 1.74. The zero-order chi connectivity index (χ0) is 18.6. The fraction of sp³-hybridized carbons (Fsp3) is 0.0556. The Bertz CT molecular complexity index is 990. The van der Waals surface area contributed by atoms with Crippen LogP contribution in [0.1, 0.15) is 0 Å². The zero-order valence-electron chi connectivity index (χ0n) is 13.7. The van der Waals surface area contributed by atoms with Crippen molar-refractivity contribution < 1.29 is 17.9 Å². The van der Waals surface area contributed by atoms with Gasteiger partial charge in [0.2, 0.25) is 0 Å². The molecule has 1 N–H and O–H groups in total. The van der Waals surface area contributed by atoms with Gasteiger partial charge in [-0.3, -0.25) is 4.72 Å². The first-order valence-electron chi connectivity index (χ1n) is 7.53. The molecule has 0 saturated heterocycles. The Labute approximate surface area is 156 Å². The number of nitrogens with one attached hydrogen (secondary N) is 1. The number of methoxy groups -OCH3 is 1. The Morgan fingerprint density at radius 3 is 2.27 bits per heavy atom. The smallest absolute Gasteiger partial charge is 0.263 e. The molecule has 0 spiro atoms. The maximum Gasteiger partial charge on any atom is 0.263 e. The highest BCUT2D eigenvalue weighted by Gasteiger charge is 2.14. The molecule has 1 heterocycles. The quantitative estimate of drug-likeness (QED) is 0.633. The van der Waals surface area contributed by atoms with E-state index in [0.29, 0.717) is 22.9 Å². The van der Waals surface area contributed by atoms with Crippen LogP contribution in [0.3, 0.4) is 0 Å². The minimum Gasteiger partial charge on any atom is -0.493 e. The number of ether oxygens (including phenoxy) is 2. The monoisotopic (exact) mass is 390 g/mol. The maximum absolute atomic E-state index is 12.3.